The van der Waals surface area contributed by atoms with E-state index in [2.05, 4.69) is 5.32 Å². The van der Waals surface area contributed by atoms with E-state index < -0.39 is 0 Å². The molecule has 1 aliphatic heterocycles. The van der Waals surface area contributed by atoms with Gasteiger partial charge in [-0.2, -0.15) is 0 Å². The highest BCUT2D eigenvalue weighted by Gasteiger charge is 2.24. The fourth-order valence-corrected chi connectivity index (χ4v) is 2.58. The number of methoxy groups -OCH3 is 1. The molecular weight excluding hydrogens is 296 g/mol. The fraction of sp³-hybridized carbons (Fsp3) is 0.529. The highest BCUT2D eigenvalue weighted by molar-refractivity contribution is 5.94. The van der Waals surface area contributed by atoms with E-state index in [1.807, 2.05) is 6.07 Å². The highest BCUT2D eigenvalue weighted by atomic mass is 16.5. The number of hydrogen-bond acceptors (Lipinski definition) is 4. The second kappa shape index (κ2) is 7.00. The zero-order valence-corrected chi connectivity index (χ0v) is 13.3. The van der Waals surface area contributed by atoms with Crippen LogP contribution in [0.1, 0.15) is 28.8 Å². The molecule has 2 amide bonds. The van der Waals surface area contributed by atoms with Crippen LogP contribution in [0, 0.1) is 5.92 Å². The smallest absolute Gasteiger partial charge is 0.260 e. The van der Waals surface area contributed by atoms with Gasteiger partial charge < -0.3 is 19.7 Å². The van der Waals surface area contributed by atoms with Crippen molar-refractivity contribution >= 4 is 11.8 Å². The van der Waals surface area contributed by atoms with Gasteiger partial charge in [0.1, 0.15) is 5.75 Å². The lowest BCUT2D eigenvalue weighted by Gasteiger charge is -2.19. The SMILES string of the molecule is COCCN1Cc2cc(C(=O)NCC3CC3)ccc2OCC1=O. The molecule has 0 radical (unpaired) electrons. The summed E-state index contributed by atoms with van der Waals surface area (Å²) < 4.78 is 10.6. The number of nitrogens with zero attached hydrogens (tertiary/aromatic N) is 1. The summed E-state index contributed by atoms with van der Waals surface area (Å²) in [5.41, 5.74) is 1.46. The van der Waals surface area contributed by atoms with Crippen molar-refractivity contribution in [3.63, 3.8) is 0 Å². The number of benzene rings is 1. The number of fused-ring (bicyclic) bond motifs is 1. The number of rotatable bonds is 6. The summed E-state index contributed by atoms with van der Waals surface area (Å²) in [6.07, 6.45) is 2.41. The molecule has 0 atom stereocenters. The molecule has 0 bridgehead atoms. The van der Waals surface area contributed by atoms with Crippen molar-refractivity contribution in [1.82, 2.24) is 10.2 Å². The second-order valence-corrected chi connectivity index (χ2v) is 6.07. The average Bonchev–Trinajstić information content (AvgIpc) is 3.39. The predicted octanol–water partition coefficient (Wildman–Crippen LogP) is 1.19. The van der Waals surface area contributed by atoms with E-state index >= 15 is 0 Å². The molecule has 6 heteroatoms. The Balaban J connectivity index is 1.72. The van der Waals surface area contributed by atoms with E-state index in [4.69, 9.17) is 9.47 Å². The van der Waals surface area contributed by atoms with Gasteiger partial charge in [-0.3, -0.25) is 9.59 Å². The summed E-state index contributed by atoms with van der Waals surface area (Å²) in [6.45, 7) is 2.18. The quantitative estimate of drug-likeness (QED) is 0.855. The standard InChI is InChI=1S/C17H22N2O4/c1-22-7-6-19-10-14-8-13(17(21)18-9-12-2-3-12)4-5-15(14)23-11-16(19)20/h4-5,8,12H,2-3,6-7,9-11H2,1H3,(H,18,21). The maximum Gasteiger partial charge on any atom is 0.260 e. The van der Waals surface area contributed by atoms with Gasteiger partial charge in [-0.15, -0.1) is 0 Å². The van der Waals surface area contributed by atoms with Crippen LogP contribution in [-0.2, 0) is 16.1 Å². The van der Waals surface area contributed by atoms with E-state index in [1.54, 1.807) is 24.1 Å². The Kier molecular flexibility index (Phi) is 4.81. The lowest BCUT2D eigenvalue weighted by molar-refractivity contribution is -0.133. The fourth-order valence-electron chi connectivity index (χ4n) is 2.58. The van der Waals surface area contributed by atoms with Gasteiger partial charge in [0.25, 0.3) is 11.8 Å². The van der Waals surface area contributed by atoms with Gasteiger partial charge in [0.2, 0.25) is 0 Å². The van der Waals surface area contributed by atoms with Gasteiger partial charge in [0.05, 0.1) is 6.61 Å². The first-order valence-corrected chi connectivity index (χ1v) is 7.98. The Hall–Kier alpha value is -2.08. The molecule has 1 aromatic carbocycles. The lowest BCUT2D eigenvalue weighted by Crippen LogP contribution is -2.34. The van der Waals surface area contributed by atoms with Crippen LogP contribution in [-0.4, -0.2) is 50.1 Å². The van der Waals surface area contributed by atoms with Gasteiger partial charge in [-0.1, -0.05) is 0 Å². The van der Waals surface area contributed by atoms with Crippen LogP contribution in [0.25, 0.3) is 0 Å². The topological polar surface area (TPSA) is 67.9 Å². The summed E-state index contributed by atoms with van der Waals surface area (Å²) in [5, 5.41) is 2.96. The van der Waals surface area contributed by atoms with E-state index in [1.165, 1.54) is 12.8 Å². The molecule has 0 aromatic heterocycles. The highest BCUT2D eigenvalue weighted by Crippen LogP contribution is 2.28. The van der Waals surface area contributed by atoms with Crippen molar-refractivity contribution in [1.29, 1.82) is 0 Å². The second-order valence-electron chi connectivity index (χ2n) is 6.07. The first-order chi connectivity index (χ1) is 11.2. The monoisotopic (exact) mass is 318 g/mol. The third kappa shape index (κ3) is 4.01. The summed E-state index contributed by atoms with van der Waals surface area (Å²) in [5.74, 6) is 1.17. The van der Waals surface area contributed by atoms with Crippen LogP contribution >= 0.6 is 0 Å². The molecule has 6 nitrogen and oxygen atoms in total. The third-order valence-corrected chi connectivity index (χ3v) is 4.20. The number of carbonyl (C=O) groups excluding carboxylic acids is 2. The van der Waals surface area contributed by atoms with Crippen molar-refractivity contribution in [3.05, 3.63) is 29.3 Å². The first kappa shape index (κ1) is 15.8. The van der Waals surface area contributed by atoms with Gasteiger partial charge in [-0.25, -0.2) is 0 Å². The Labute approximate surface area is 135 Å². The Morgan fingerprint density at radius 3 is 3.00 bits per heavy atom. The molecule has 0 spiro atoms. The normalized spacial score (nSPS) is 17.3. The molecule has 1 N–H and O–H groups in total. The molecule has 1 fully saturated rings. The molecule has 2 aliphatic rings. The molecule has 124 valence electrons. The lowest BCUT2D eigenvalue weighted by atomic mass is 10.1. The van der Waals surface area contributed by atoms with Crippen molar-refractivity contribution < 1.29 is 19.1 Å². The van der Waals surface area contributed by atoms with Crippen LogP contribution in [0.4, 0.5) is 0 Å². The Morgan fingerprint density at radius 2 is 2.26 bits per heavy atom. The number of amides is 2. The summed E-state index contributed by atoms with van der Waals surface area (Å²) in [7, 11) is 1.61. The minimum Gasteiger partial charge on any atom is -0.483 e. The predicted molar refractivity (Wildman–Crippen MR) is 84.3 cm³/mol. The third-order valence-electron chi connectivity index (χ3n) is 4.20. The molecule has 23 heavy (non-hydrogen) atoms. The van der Waals surface area contributed by atoms with Crippen LogP contribution in [0.15, 0.2) is 18.2 Å². The van der Waals surface area contributed by atoms with Gasteiger partial charge in [-0.05, 0) is 37.0 Å². The maximum atomic E-state index is 12.2. The summed E-state index contributed by atoms with van der Waals surface area (Å²) in [6, 6.07) is 5.33. The van der Waals surface area contributed by atoms with E-state index in [0.29, 0.717) is 36.9 Å². The summed E-state index contributed by atoms with van der Waals surface area (Å²) in [4.78, 5) is 26.0. The van der Waals surface area contributed by atoms with Crippen LogP contribution in [0.5, 0.6) is 5.75 Å². The van der Waals surface area contributed by atoms with Crippen molar-refractivity contribution in [2.75, 3.05) is 33.4 Å². The van der Waals surface area contributed by atoms with Crippen molar-refractivity contribution in [2.24, 2.45) is 5.92 Å². The molecule has 0 saturated heterocycles. The molecular formula is C17H22N2O4. The van der Waals surface area contributed by atoms with E-state index in [-0.39, 0.29) is 18.4 Å². The van der Waals surface area contributed by atoms with Crippen molar-refractivity contribution in [3.8, 4) is 5.75 Å². The van der Waals surface area contributed by atoms with E-state index in [9.17, 15) is 9.59 Å². The zero-order valence-electron chi connectivity index (χ0n) is 13.3. The van der Waals surface area contributed by atoms with Gasteiger partial charge in [0, 0.05) is 37.9 Å². The van der Waals surface area contributed by atoms with Gasteiger partial charge >= 0.3 is 0 Å². The van der Waals surface area contributed by atoms with Crippen molar-refractivity contribution in [2.45, 2.75) is 19.4 Å². The first-order valence-electron chi connectivity index (χ1n) is 7.98. The minimum atomic E-state index is -0.0713. The number of nitrogens with one attached hydrogen (secondary N) is 1. The molecule has 0 unspecified atom stereocenters. The summed E-state index contributed by atoms with van der Waals surface area (Å²) >= 11 is 0. The van der Waals surface area contributed by atoms with Gasteiger partial charge in [0.15, 0.2) is 6.61 Å². The molecule has 1 saturated carbocycles. The number of hydrogen-bond donors (Lipinski definition) is 1. The number of carbonyl (C=O) groups is 2. The molecule has 3 rings (SSSR count). The molecule has 1 heterocycles. The zero-order chi connectivity index (χ0) is 16.2. The van der Waals surface area contributed by atoms with E-state index in [0.717, 1.165) is 12.1 Å². The Morgan fingerprint density at radius 1 is 1.43 bits per heavy atom. The average molecular weight is 318 g/mol. The largest absolute Gasteiger partial charge is 0.483 e. The van der Waals surface area contributed by atoms with Crippen LogP contribution in [0.3, 0.4) is 0 Å². The van der Waals surface area contributed by atoms with Crippen LogP contribution in [0.2, 0.25) is 0 Å². The molecule has 1 aromatic rings. The number of ether oxygens (including phenoxy) is 2. The molecule has 1 aliphatic carbocycles. The maximum absolute atomic E-state index is 12.2. The minimum absolute atomic E-state index is 0.0178. The Bertz CT molecular complexity index is 598. The van der Waals surface area contributed by atoms with Crippen LogP contribution < -0.4 is 10.1 Å².